The van der Waals surface area contributed by atoms with Gasteiger partial charge in [0.15, 0.2) is 4.80 Å². The number of hydrogen-bond acceptors (Lipinski definition) is 7. The Balaban J connectivity index is 1.57. The van der Waals surface area contributed by atoms with Gasteiger partial charge in [0.2, 0.25) is 0 Å². The van der Waals surface area contributed by atoms with Crippen LogP contribution in [-0.2, 0) is 16.1 Å². The molecule has 0 bridgehead atoms. The zero-order valence-electron chi connectivity index (χ0n) is 25.6. The summed E-state index contributed by atoms with van der Waals surface area (Å²) in [5.74, 6) is 0.208. The number of carbonyl (C=O) groups is 1. The fourth-order valence-corrected chi connectivity index (χ4v) is 6.91. The van der Waals surface area contributed by atoms with Crippen molar-refractivity contribution in [3.8, 4) is 11.5 Å². The molecular formula is C35H32FN3O5S. The molecule has 0 unspecified atom stereocenters. The Kier molecular flexibility index (Phi) is 8.16. The Labute approximate surface area is 262 Å². The monoisotopic (exact) mass is 625 g/mol. The Morgan fingerprint density at radius 3 is 2.51 bits per heavy atom. The minimum Gasteiger partial charge on any atom is -0.497 e. The minimum atomic E-state index is -0.853. The van der Waals surface area contributed by atoms with Crippen LogP contribution in [0.5, 0.6) is 11.5 Å². The zero-order valence-corrected chi connectivity index (χ0v) is 26.4. The number of hydrogen-bond donors (Lipinski definition) is 0. The first kappa shape index (κ1) is 30.1. The van der Waals surface area contributed by atoms with Gasteiger partial charge in [-0.05, 0) is 68.8 Å². The Bertz CT molecular complexity index is 2160. The van der Waals surface area contributed by atoms with Gasteiger partial charge >= 0.3 is 5.97 Å². The van der Waals surface area contributed by atoms with Crippen molar-refractivity contribution in [2.75, 3.05) is 20.8 Å². The van der Waals surface area contributed by atoms with E-state index in [9.17, 15) is 14.0 Å². The third-order valence-corrected chi connectivity index (χ3v) is 9.04. The predicted octanol–water partition coefficient (Wildman–Crippen LogP) is 5.27. The SMILES string of the molecule is CCOC(=O)C1=C(C)N=c2s/c(=C\c3c(C)n(Cc4ccc(F)cc4)c4ccccc34)c(=O)n2[C@H]1c1cc(OC)ccc1OC. The Hall–Kier alpha value is -4.96. The smallest absolute Gasteiger partial charge is 0.338 e. The van der Waals surface area contributed by atoms with Crippen molar-refractivity contribution in [2.45, 2.75) is 33.4 Å². The summed E-state index contributed by atoms with van der Waals surface area (Å²) in [5.41, 5.74) is 4.82. The molecule has 45 heavy (non-hydrogen) atoms. The topological polar surface area (TPSA) is 84.1 Å². The number of esters is 1. The first-order valence-electron chi connectivity index (χ1n) is 14.5. The van der Waals surface area contributed by atoms with Gasteiger partial charge in [-0.3, -0.25) is 9.36 Å². The van der Waals surface area contributed by atoms with Crippen LogP contribution in [-0.4, -0.2) is 35.9 Å². The van der Waals surface area contributed by atoms with Crippen LogP contribution >= 0.6 is 11.3 Å². The van der Waals surface area contributed by atoms with Crippen LogP contribution < -0.4 is 24.4 Å². The average molecular weight is 626 g/mol. The number of aromatic nitrogens is 2. The quantitative estimate of drug-likeness (QED) is 0.220. The maximum absolute atomic E-state index is 14.4. The van der Waals surface area contributed by atoms with Crippen LogP contribution in [0.15, 0.2) is 87.8 Å². The van der Waals surface area contributed by atoms with Crippen LogP contribution in [0.1, 0.15) is 42.3 Å². The molecule has 8 nitrogen and oxygen atoms in total. The van der Waals surface area contributed by atoms with Crippen LogP contribution in [0.25, 0.3) is 17.0 Å². The summed E-state index contributed by atoms with van der Waals surface area (Å²) in [6, 6.07) is 18.9. The number of fused-ring (bicyclic) bond motifs is 2. The third-order valence-electron chi connectivity index (χ3n) is 8.06. The number of ether oxygens (including phenoxy) is 3. The zero-order chi connectivity index (χ0) is 31.8. The van der Waals surface area contributed by atoms with E-state index in [1.807, 2.05) is 37.3 Å². The number of halogens is 1. The Morgan fingerprint density at radius 1 is 1.04 bits per heavy atom. The van der Waals surface area contributed by atoms with Gasteiger partial charge in [0.05, 0.1) is 36.6 Å². The molecule has 1 aliphatic heterocycles. The number of benzene rings is 3. The van der Waals surface area contributed by atoms with E-state index in [2.05, 4.69) is 4.57 Å². The molecule has 0 fully saturated rings. The minimum absolute atomic E-state index is 0.170. The fourth-order valence-electron chi connectivity index (χ4n) is 5.89. The molecule has 0 amide bonds. The summed E-state index contributed by atoms with van der Waals surface area (Å²) in [4.78, 5) is 32.9. The van der Waals surface area contributed by atoms with Crippen molar-refractivity contribution in [3.63, 3.8) is 0 Å². The first-order valence-corrected chi connectivity index (χ1v) is 15.3. The maximum atomic E-state index is 14.4. The highest BCUT2D eigenvalue weighted by atomic mass is 32.1. The molecule has 0 aliphatic carbocycles. The van der Waals surface area contributed by atoms with Crippen molar-refractivity contribution in [2.24, 2.45) is 4.99 Å². The van der Waals surface area contributed by atoms with E-state index in [-0.39, 0.29) is 23.6 Å². The number of thiazole rings is 1. The van der Waals surface area contributed by atoms with Gasteiger partial charge < -0.3 is 18.8 Å². The number of rotatable bonds is 8. The Morgan fingerprint density at radius 2 is 1.80 bits per heavy atom. The summed E-state index contributed by atoms with van der Waals surface area (Å²) >= 11 is 1.26. The third kappa shape index (κ3) is 5.35. The summed E-state index contributed by atoms with van der Waals surface area (Å²) in [7, 11) is 3.10. The maximum Gasteiger partial charge on any atom is 0.338 e. The lowest BCUT2D eigenvalue weighted by atomic mass is 9.94. The van der Waals surface area contributed by atoms with Crippen LogP contribution in [0.2, 0.25) is 0 Å². The van der Waals surface area contributed by atoms with Crippen LogP contribution in [0.3, 0.4) is 0 Å². The molecule has 0 saturated heterocycles. The van der Waals surface area contributed by atoms with E-state index < -0.39 is 12.0 Å². The predicted molar refractivity (Wildman–Crippen MR) is 172 cm³/mol. The summed E-state index contributed by atoms with van der Waals surface area (Å²) in [6.07, 6.45) is 1.89. The molecule has 10 heteroatoms. The lowest BCUT2D eigenvalue weighted by Crippen LogP contribution is -2.40. The molecule has 1 aliphatic rings. The number of methoxy groups -OCH3 is 2. The van der Waals surface area contributed by atoms with Gasteiger partial charge in [-0.25, -0.2) is 14.2 Å². The van der Waals surface area contributed by atoms with Gasteiger partial charge in [0.25, 0.3) is 5.56 Å². The first-order chi connectivity index (χ1) is 21.7. The van der Waals surface area contributed by atoms with E-state index in [4.69, 9.17) is 19.2 Å². The molecule has 230 valence electrons. The standard InChI is InChI=1S/C35H32FN3O5S/c1-6-44-34(41)31-20(2)37-35-39(32(31)27-17-24(42-4)15-16-29(27)43-5)33(40)30(45-35)18-26-21(3)38(28-10-8-7-9-25(26)28)19-22-11-13-23(36)14-12-22/h7-18,32H,6,19H2,1-5H3/b30-18-/t32-/m0/s1. The fraction of sp³-hybridized carbons (Fsp3) is 0.229. The van der Waals surface area contributed by atoms with E-state index in [0.29, 0.717) is 38.6 Å². The molecule has 1 atom stereocenters. The highest BCUT2D eigenvalue weighted by Gasteiger charge is 2.35. The van der Waals surface area contributed by atoms with Gasteiger partial charge in [-0.1, -0.05) is 41.7 Å². The summed E-state index contributed by atoms with van der Waals surface area (Å²) in [6.45, 7) is 6.21. The second kappa shape index (κ2) is 12.2. The summed E-state index contributed by atoms with van der Waals surface area (Å²) in [5, 5.41) is 0.984. The van der Waals surface area contributed by atoms with Gasteiger partial charge in [0.1, 0.15) is 23.4 Å². The lowest BCUT2D eigenvalue weighted by molar-refractivity contribution is -0.139. The van der Waals surface area contributed by atoms with Gasteiger partial charge in [0, 0.05) is 34.3 Å². The van der Waals surface area contributed by atoms with Gasteiger partial charge in [-0.15, -0.1) is 0 Å². The molecule has 3 aromatic carbocycles. The highest BCUT2D eigenvalue weighted by molar-refractivity contribution is 7.07. The van der Waals surface area contributed by atoms with Crippen molar-refractivity contribution in [1.29, 1.82) is 0 Å². The second-order valence-electron chi connectivity index (χ2n) is 10.6. The molecule has 6 rings (SSSR count). The van der Waals surface area contributed by atoms with Gasteiger partial charge in [-0.2, -0.15) is 0 Å². The average Bonchev–Trinajstić information content (AvgIpc) is 3.49. The van der Waals surface area contributed by atoms with E-state index >= 15 is 0 Å². The van der Waals surface area contributed by atoms with E-state index in [1.54, 1.807) is 63.0 Å². The number of allylic oxidation sites excluding steroid dienone is 1. The molecule has 0 saturated carbocycles. The van der Waals surface area contributed by atoms with E-state index in [0.717, 1.165) is 27.7 Å². The van der Waals surface area contributed by atoms with Crippen molar-refractivity contribution in [3.05, 3.63) is 126 Å². The molecule has 0 N–H and O–H groups in total. The second-order valence-corrected chi connectivity index (χ2v) is 11.6. The molecule has 5 aromatic rings. The number of carbonyl (C=O) groups excluding carboxylic acids is 1. The molecule has 2 aromatic heterocycles. The molecule has 3 heterocycles. The highest BCUT2D eigenvalue weighted by Crippen LogP contribution is 2.38. The van der Waals surface area contributed by atoms with Crippen LogP contribution in [0.4, 0.5) is 4.39 Å². The summed E-state index contributed by atoms with van der Waals surface area (Å²) < 4.78 is 34.4. The molecule has 0 radical (unpaired) electrons. The van der Waals surface area contributed by atoms with E-state index in [1.165, 1.54) is 23.5 Å². The largest absolute Gasteiger partial charge is 0.497 e. The normalized spacial score (nSPS) is 14.8. The van der Waals surface area contributed by atoms with Crippen molar-refractivity contribution >= 4 is 34.3 Å². The van der Waals surface area contributed by atoms with Crippen molar-refractivity contribution in [1.82, 2.24) is 9.13 Å². The number of para-hydroxylation sites is 1. The lowest BCUT2D eigenvalue weighted by Gasteiger charge is -2.26. The molecular weight excluding hydrogens is 593 g/mol. The number of nitrogens with zero attached hydrogens (tertiary/aromatic N) is 3. The molecule has 0 spiro atoms. The van der Waals surface area contributed by atoms with Crippen molar-refractivity contribution < 1.29 is 23.4 Å². The van der Waals surface area contributed by atoms with Crippen LogP contribution in [0, 0.1) is 12.7 Å².